The summed E-state index contributed by atoms with van der Waals surface area (Å²) in [5.41, 5.74) is 0.617. The van der Waals surface area contributed by atoms with Gasteiger partial charge < -0.3 is 4.74 Å². The lowest BCUT2D eigenvalue weighted by Crippen LogP contribution is -1.94. The number of hydrogen-bond acceptors (Lipinski definition) is 3. The molecule has 1 heterocycles. The summed E-state index contributed by atoms with van der Waals surface area (Å²) < 4.78 is 4.91. The van der Waals surface area contributed by atoms with Crippen LogP contribution >= 0.6 is 0 Å². The van der Waals surface area contributed by atoms with Crippen LogP contribution < -0.4 is 0 Å². The minimum absolute atomic E-state index is 0.0733. The molecule has 0 aromatic carbocycles. The molecule has 13 heavy (non-hydrogen) atoms. The van der Waals surface area contributed by atoms with Crippen LogP contribution in [0.5, 0.6) is 0 Å². The third kappa shape index (κ3) is 3.07. The van der Waals surface area contributed by atoms with Gasteiger partial charge in [0.25, 0.3) is 0 Å². The lowest BCUT2D eigenvalue weighted by Gasteiger charge is -1.94. The largest absolute Gasteiger partial charge is 0.501 e. The van der Waals surface area contributed by atoms with E-state index in [1.54, 1.807) is 24.5 Å². The van der Waals surface area contributed by atoms with Crippen molar-refractivity contribution in [2.24, 2.45) is 0 Å². The van der Waals surface area contributed by atoms with Crippen molar-refractivity contribution in [1.82, 2.24) is 4.98 Å². The van der Waals surface area contributed by atoms with Gasteiger partial charge in [-0.25, -0.2) is 0 Å². The minimum Gasteiger partial charge on any atom is -0.501 e. The summed E-state index contributed by atoms with van der Waals surface area (Å²) in [6, 6.07) is 3.33. The van der Waals surface area contributed by atoms with E-state index >= 15 is 0 Å². The van der Waals surface area contributed by atoms with Crippen molar-refractivity contribution >= 4 is 5.78 Å². The van der Waals surface area contributed by atoms with Crippen LogP contribution in [0.15, 0.2) is 36.9 Å². The van der Waals surface area contributed by atoms with Crippen molar-refractivity contribution in [2.75, 3.05) is 6.61 Å². The summed E-state index contributed by atoms with van der Waals surface area (Å²) >= 11 is 0. The fourth-order valence-corrected chi connectivity index (χ4v) is 0.819. The molecule has 0 saturated carbocycles. The van der Waals surface area contributed by atoms with E-state index in [0.29, 0.717) is 12.2 Å². The normalized spacial score (nSPS) is 10.2. The van der Waals surface area contributed by atoms with Crippen LogP contribution in [-0.2, 0) is 4.74 Å². The third-order valence-electron chi connectivity index (χ3n) is 1.45. The van der Waals surface area contributed by atoms with Crippen molar-refractivity contribution < 1.29 is 9.53 Å². The Morgan fingerprint density at radius 2 is 2.23 bits per heavy atom. The predicted octanol–water partition coefficient (Wildman–Crippen LogP) is 1.81. The molecule has 0 fully saturated rings. The van der Waals surface area contributed by atoms with Crippen molar-refractivity contribution in [2.45, 2.75) is 6.92 Å². The number of allylic oxidation sites excluding steroid dienone is 1. The SMILES string of the molecule is CCO/C=C/C(=O)c1ccncc1. The smallest absolute Gasteiger partial charge is 0.188 e. The van der Waals surface area contributed by atoms with Crippen LogP contribution in [0.4, 0.5) is 0 Å². The van der Waals surface area contributed by atoms with E-state index in [0.717, 1.165) is 0 Å². The van der Waals surface area contributed by atoms with Crippen LogP contribution in [0.2, 0.25) is 0 Å². The molecule has 0 saturated heterocycles. The van der Waals surface area contributed by atoms with Gasteiger partial charge in [-0.05, 0) is 19.1 Å². The molecule has 0 aliphatic carbocycles. The summed E-state index contributed by atoms with van der Waals surface area (Å²) in [5.74, 6) is -0.0733. The Balaban J connectivity index is 2.59. The number of carbonyl (C=O) groups is 1. The molecule has 0 spiro atoms. The van der Waals surface area contributed by atoms with Gasteiger partial charge in [-0.1, -0.05) is 0 Å². The maximum Gasteiger partial charge on any atom is 0.188 e. The van der Waals surface area contributed by atoms with Crippen molar-refractivity contribution in [1.29, 1.82) is 0 Å². The summed E-state index contributed by atoms with van der Waals surface area (Å²) in [5, 5.41) is 0. The van der Waals surface area contributed by atoms with Gasteiger partial charge in [-0.2, -0.15) is 0 Å². The summed E-state index contributed by atoms with van der Waals surface area (Å²) in [6.45, 7) is 2.43. The number of ketones is 1. The highest BCUT2D eigenvalue weighted by molar-refractivity contribution is 6.04. The molecule has 0 aliphatic heterocycles. The molecule has 0 unspecified atom stereocenters. The third-order valence-corrected chi connectivity index (χ3v) is 1.45. The molecule has 0 bridgehead atoms. The Morgan fingerprint density at radius 3 is 2.85 bits per heavy atom. The second-order valence-electron chi connectivity index (χ2n) is 2.36. The molecule has 0 radical (unpaired) electrons. The van der Waals surface area contributed by atoms with Gasteiger partial charge in [0.15, 0.2) is 5.78 Å². The monoisotopic (exact) mass is 177 g/mol. The van der Waals surface area contributed by atoms with Crippen LogP contribution in [-0.4, -0.2) is 17.4 Å². The molecule has 68 valence electrons. The molecule has 0 atom stereocenters. The van der Waals surface area contributed by atoms with Gasteiger partial charge in [0, 0.05) is 24.0 Å². The highest BCUT2D eigenvalue weighted by atomic mass is 16.5. The standard InChI is InChI=1S/C10H11NO2/c1-2-13-8-5-10(12)9-3-6-11-7-4-9/h3-8H,2H2,1H3/b8-5+. The Hall–Kier alpha value is -1.64. The maximum atomic E-state index is 11.3. The fraction of sp³-hybridized carbons (Fsp3) is 0.200. The molecule has 3 heteroatoms. The molecule has 0 N–H and O–H groups in total. The topological polar surface area (TPSA) is 39.2 Å². The number of nitrogens with zero attached hydrogens (tertiary/aromatic N) is 1. The number of ether oxygens (including phenoxy) is 1. The Bertz CT molecular complexity index is 293. The van der Waals surface area contributed by atoms with Gasteiger partial charge in [0.1, 0.15) is 0 Å². The van der Waals surface area contributed by atoms with Crippen LogP contribution in [0.1, 0.15) is 17.3 Å². The molecular formula is C10H11NO2. The van der Waals surface area contributed by atoms with E-state index in [2.05, 4.69) is 4.98 Å². The molecule has 3 nitrogen and oxygen atoms in total. The summed E-state index contributed by atoms with van der Waals surface area (Å²) in [7, 11) is 0. The highest BCUT2D eigenvalue weighted by Gasteiger charge is 1.98. The van der Waals surface area contributed by atoms with Crippen molar-refractivity contribution in [3.63, 3.8) is 0 Å². The zero-order valence-electron chi connectivity index (χ0n) is 7.43. The molecule has 0 amide bonds. The van der Waals surface area contributed by atoms with Gasteiger partial charge >= 0.3 is 0 Å². The van der Waals surface area contributed by atoms with E-state index in [9.17, 15) is 4.79 Å². The Labute approximate surface area is 77.1 Å². The average molecular weight is 177 g/mol. The lowest BCUT2D eigenvalue weighted by molar-refractivity contribution is 0.104. The first-order valence-electron chi connectivity index (χ1n) is 4.07. The van der Waals surface area contributed by atoms with Crippen LogP contribution in [0, 0.1) is 0 Å². The zero-order valence-corrected chi connectivity index (χ0v) is 7.43. The van der Waals surface area contributed by atoms with Gasteiger partial charge in [-0.15, -0.1) is 0 Å². The quantitative estimate of drug-likeness (QED) is 0.400. The van der Waals surface area contributed by atoms with E-state index in [4.69, 9.17) is 4.74 Å². The number of rotatable bonds is 4. The van der Waals surface area contributed by atoms with Crippen molar-refractivity contribution in [3.05, 3.63) is 42.4 Å². The molecule has 1 rings (SSSR count). The number of carbonyl (C=O) groups excluding carboxylic acids is 1. The van der Waals surface area contributed by atoms with Crippen LogP contribution in [0.3, 0.4) is 0 Å². The lowest BCUT2D eigenvalue weighted by atomic mass is 10.2. The first kappa shape index (κ1) is 9.45. The Kier molecular flexibility index (Phi) is 3.70. The van der Waals surface area contributed by atoms with Gasteiger partial charge in [0.05, 0.1) is 12.9 Å². The highest BCUT2D eigenvalue weighted by Crippen LogP contribution is 1.98. The number of hydrogen-bond donors (Lipinski definition) is 0. The zero-order chi connectivity index (χ0) is 9.52. The van der Waals surface area contributed by atoms with Gasteiger partial charge in [-0.3, -0.25) is 9.78 Å². The maximum absolute atomic E-state index is 11.3. The van der Waals surface area contributed by atoms with Crippen molar-refractivity contribution in [3.8, 4) is 0 Å². The predicted molar refractivity (Wildman–Crippen MR) is 49.3 cm³/mol. The fourth-order valence-electron chi connectivity index (χ4n) is 0.819. The van der Waals surface area contributed by atoms with E-state index in [1.165, 1.54) is 12.3 Å². The average Bonchev–Trinajstić information content (AvgIpc) is 2.19. The first-order valence-corrected chi connectivity index (χ1v) is 4.07. The first-order chi connectivity index (χ1) is 6.34. The number of aromatic nitrogens is 1. The number of pyridine rings is 1. The second kappa shape index (κ2) is 5.09. The molecule has 1 aromatic rings. The second-order valence-corrected chi connectivity index (χ2v) is 2.36. The van der Waals surface area contributed by atoms with E-state index in [-0.39, 0.29) is 5.78 Å². The minimum atomic E-state index is -0.0733. The van der Waals surface area contributed by atoms with Gasteiger partial charge in [0.2, 0.25) is 0 Å². The van der Waals surface area contributed by atoms with Crippen LogP contribution in [0.25, 0.3) is 0 Å². The van der Waals surface area contributed by atoms with E-state index in [1.807, 2.05) is 6.92 Å². The Morgan fingerprint density at radius 1 is 1.54 bits per heavy atom. The summed E-state index contributed by atoms with van der Waals surface area (Å²) in [4.78, 5) is 15.1. The molecule has 0 aliphatic rings. The molecular weight excluding hydrogens is 166 g/mol. The molecule has 1 aromatic heterocycles. The summed E-state index contributed by atoms with van der Waals surface area (Å²) in [6.07, 6.45) is 5.98. The van der Waals surface area contributed by atoms with E-state index < -0.39 is 0 Å².